The minimum Gasteiger partial charge on any atom is -0.312 e. The van der Waals surface area contributed by atoms with Gasteiger partial charge in [0.1, 0.15) is 6.17 Å². The number of pyridine rings is 1. The second-order valence-electron chi connectivity index (χ2n) is 7.71. The standard InChI is InChI=1S/C23H23FN4O/c1-15-11-20-23(26-13-15)22(21(29)14-27-9-7-18(24)8-10-27)16(2)28(20)19-5-3-17(12-25)4-6-19/h3-6,11,13,18H,7-10,14H2,1-2H3. The van der Waals surface area contributed by atoms with E-state index in [0.717, 1.165) is 22.5 Å². The summed E-state index contributed by atoms with van der Waals surface area (Å²) in [5.74, 6) is 0.00792. The Morgan fingerprint density at radius 1 is 1.24 bits per heavy atom. The zero-order chi connectivity index (χ0) is 20.5. The van der Waals surface area contributed by atoms with Gasteiger partial charge < -0.3 is 4.57 Å². The number of benzene rings is 1. The molecule has 5 nitrogen and oxygen atoms in total. The van der Waals surface area contributed by atoms with Crippen molar-refractivity contribution in [3.63, 3.8) is 0 Å². The Balaban J connectivity index is 1.77. The van der Waals surface area contributed by atoms with Gasteiger partial charge in [-0.3, -0.25) is 14.7 Å². The molecule has 0 aliphatic carbocycles. The van der Waals surface area contributed by atoms with Gasteiger partial charge >= 0.3 is 0 Å². The molecule has 1 saturated heterocycles. The molecule has 148 valence electrons. The van der Waals surface area contributed by atoms with Gasteiger partial charge in [-0.1, -0.05) is 0 Å². The molecule has 0 bridgehead atoms. The molecule has 0 unspecified atom stereocenters. The highest BCUT2D eigenvalue weighted by Crippen LogP contribution is 2.29. The van der Waals surface area contributed by atoms with Gasteiger partial charge in [0.2, 0.25) is 0 Å². The van der Waals surface area contributed by atoms with Crippen LogP contribution in [0, 0.1) is 25.2 Å². The zero-order valence-corrected chi connectivity index (χ0v) is 16.7. The van der Waals surface area contributed by atoms with E-state index in [1.165, 1.54) is 0 Å². The highest BCUT2D eigenvalue weighted by Gasteiger charge is 2.26. The van der Waals surface area contributed by atoms with Gasteiger partial charge in [-0.05, 0) is 62.6 Å². The lowest BCUT2D eigenvalue weighted by Gasteiger charge is -2.27. The molecule has 29 heavy (non-hydrogen) atoms. The van der Waals surface area contributed by atoms with Crippen molar-refractivity contribution < 1.29 is 9.18 Å². The summed E-state index contributed by atoms with van der Waals surface area (Å²) in [6, 6.07) is 11.5. The number of hydrogen-bond donors (Lipinski definition) is 0. The Hall–Kier alpha value is -3.04. The summed E-state index contributed by atoms with van der Waals surface area (Å²) < 4.78 is 15.5. The molecule has 1 aliphatic heterocycles. The van der Waals surface area contributed by atoms with E-state index in [1.807, 2.05) is 41.5 Å². The minimum atomic E-state index is -0.758. The molecule has 0 saturated carbocycles. The Labute approximate surface area is 169 Å². The molecule has 0 amide bonds. The number of alkyl halides is 1. The number of nitriles is 1. The van der Waals surface area contributed by atoms with Crippen molar-refractivity contribution in [2.24, 2.45) is 0 Å². The maximum Gasteiger partial charge on any atom is 0.180 e. The predicted octanol–water partition coefficient (Wildman–Crippen LogP) is 4.13. The molecule has 0 radical (unpaired) electrons. The van der Waals surface area contributed by atoms with Crippen LogP contribution >= 0.6 is 0 Å². The molecule has 4 rings (SSSR count). The van der Waals surface area contributed by atoms with E-state index in [0.29, 0.717) is 42.6 Å². The summed E-state index contributed by atoms with van der Waals surface area (Å²) in [7, 11) is 0. The summed E-state index contributed by atoms with van der Waals surface area (Å²) in [6.45, 7) is 5.38. The van der Waals surface area contributed by atoms with Crippen LogP contribution in [0.25, 0.3) is 16.7 Å². The van der Waals surface area contributed by atoms with E-state index in [2.05, 4.69) is 11.1 Å². The number of carbonyl (C=O) groups excluding carboxylic acids is 1. The second-order valence-corrected chi connectivity index (χ2v) is 7.71. The van der Waals surface area contributed by atoms with Gasteiger partial charge in [-0.25, -0.2) is 4.39 Å². The summed E-state index contributed by atoms with van der Waals surface area (Å²) in [5, 5.41) is 9.07. The number of halogens is 1. The monoisotopic (exact) mass is 390 g/mol. The van der Waals surface area contributed by atoms with Gasteiger partial charge in [0, 0.05) is 30.7 Å². The highest BCUT2D eigenvalue weighted by atomic mass is 19.1. The predicted molar refractivity (Wildman–Crippen MR) is 110 cm³/mol. The summed E-state index contributed by atoms with van der Waals surface area (Å²) in [6.07, 6.45) is 1.98. The van der Waals surface area contributed by atoms with Crippen LogP contribution in [0.2, 0.25) is 0 Å². The summed E-state index contributed by atoms with van der Waals surface area (Å²) in [5.41, 5.74) is 5.48. The quantitative estimate of drug-likeness (QED) is 0.629. The maximum atomic E-state index is 13.4. The van der Waals surface area contributed by atoms with Crippen LogP contribution in [0.5, 0.6) is 0 Å². The SMILES string of the molecule is Cc1cnc2c(C(=O)CN3CCC(F)CC3)c(C)n(-c3ccc(C#N)cc3)c2c1. The summed E-state index contributed by atoms with van der Waals surface area (Å²) >= 11 is 0. The fourth-order valence-electron chi connectivity index (χ4n) is 4.07. The maximum absolute atomic E-state index is 13.4. The first-order valence-corrected chi connectivity index (χ1v) is 9.85. The molecule has 3 heterocycles. The molecule has 2 aromatic heterocycles. The largest absolute Gasteiger partial charge is 0.312 e. The molecule has 3 aromatic rings. The van der Waals surface area contributed by atoms with Crippen molar-refractivity contribution in [1.29, 1.82) is 5.26 Å². The van der Waals surface area contributed by atoms with E-state index >= 15 is 0 Å². The molecule has 0 N–H and O–H groups in total. The van der Waals surface area contributed by atoms with Crippen LogP contribution < -0.4 is 0 Å². The number of aryl methyl sites for hydroxylation is 1. The number of hydrogen-bond acceptors (Lipinski definition) is 4. The van der Waals surface area contributed by atoms with Gasteiger partial charge in [0.05, 0.1) is 34.8 Å². The lowest BCUT2D eigenvalue weighted by molar-refractivity contribution is 0.0876. The van der Waals surface area contributed by atoms with Crippen molar-refractivity contribution in [2.75, 3.05) is 19.6 Å². The number of ketones is 1. The lowest BCUT2D eigenvalue weighted by atomic mass is 10.1. The van der Waals surface area contributed by atoms with Crippen LogP contribution in [0.4, 0.5) is 4.39 Å². The minimum absolute atomic E-state index is 0.00792. The molecular weight excluding hydrogens is 367 g/mol. The molecule has 0 atom stereocenters. The fraction of sp³-hybridized carbons (Fsp3) is 0.348. The van der Waals surface area contributed by atoms with Crippen LogP contribution in [-0.4, -0.2) is 46.0 Å². The fourth-order valence-corrected chi connectivity index (χ4v) is 4.07. The van der Waals surface area contributed by atoms with Crippen LogP contribution in [0.1, 0.15) is 40.0 Å². The number of carbonyl (C=O) groups is 1. The first-order chi connectivity index (χ1) is 14.0. The van der Waals surface area contributed by atoms with Gasteiger partial charge in [-0.2, -0.15) is 5.26 Å². The van der Waals surface area contributed by atoms with E-state index in [1.54, 1.807) is 18.3 Å². The molecule has 6 heteroatoms. The van der Waals surface area contributed by atoms with Crippen molar-refractivity contribution in [3.8, 4) is 11.8 Å². The van der Waals surface area contributed by atoms with Crippen LogP contribution in [0.15, 0.2) is 36.5 Å². The Kier molecular flexibility index (Phi) is 5.16. The van der Waals surface area contributed by atoms with Crippen molar-refractivity contribution in [2.45, 2.75) is 32.9 Å². The Morgan fingerprint density at radius 3 is 2.59 bits per heavy atom. The Morgan fingerprint density at radius 2 is 1.93 bits per heavy atom. The Bertz CT molecular complexity index is 1100. The number of likely N-dealkylation sites (tertiary alicyclic amines) is 1. The average Bonchev–Trinajstić information content (AvgIpc) is 3.01. The molecular formula is C23H23FN4O. The number of piperidine rings is 1. The topological polar surface area (TPSA) is 61.9 Å². The van der Waals surface area contributed by atoms with Gasteiger partial charge in [0.15, 0.2) is 5.78 Å². The number of rotatable bonds is 4. The average molecular weight is 390 g/mol. The van der Waals surface area contributed by atoms with Crippen molar-refractivity contribution >= 4 is 16.8 Å². The van der Waals surface area contributed by atoms with Crippen molar-refractivity contribution in [3.05, 3.63) is 58.9 Å². The zero-order valence-electron chi connectivity index (χ0n) is 16.7. The van der Waals surface area contributed by atoms with Gasteiger partial charge in [-0.15, -0.1) is 0 Å². The molecule has 1 fully saturated rings. The third-order valence-electron chi connectivity index (χ3n) is 5.60. The molecule has 1 aromatic carbocycles. The van der Waals surface area contributed by atoms with Crippen molar-refractivity contribution in [1.82, 2.24) is 14.5 Å². The normalized spacial score (nSPS) is 15.5. The highest BCUT2D eigenvalue weighted by molar-refractivity contribution is 6.09. The first-order valence-electron chi connectivity index (χ1n) is 9.85. The number of Topliss-reactive ketones (excluding diaryl/α,β-unsaturated/α-hetero) is 1. The number of nitrogens with zero attached hydrogens (tertiary/aromatic N) is 4. The van der Waals surface area contributed by atoms with E-state index in [4.69, 9.17) is 5.26 Å². The van der Waals surface area contributed by atoms with Crippen LogP contribution in [0.3, 0.4) is 0 Å². The second kappa shape index (κ2) is 7.76. The first kappa shape index (κ1) is 19.3. The third kappa shape index (κ3) is 3.66. The van der Waals surface area contributed by atoms with E-state index < -0.39 is 6.17 Å². The number of aromatic nitrogens is 2. The number of fused-ring (bicyclic) bond motifs is 1. The van der Waals surface area contributed by atoms with Gasteiger partial charge in [0.25, 0.3) is 0 Å². The molecule has 1 aliphatic rings. The van der Waals surface area contributed by atoms with Crippen LogP contribution in [-0.2, 0) is 0 Å². The lowest BCUT2D eigenvalue weighted by Crippen LogP contribution is -2.38. The summed E-state index contributed by atoms with van der Waals surface area (Å²) in [4.78, 5) is 19.8. The molecule has 0 spiro atoms. The smallest absolute Gasteiger partial charge is 0.180 e. The third-order valence-corrected chi connectivity index (χ3v) is 5.60. The van der Waals surface area contributed by atoms with E-state index in [-0.39, 0.29) is 12.3 Å². The van der Waals surface area contributed by atoms with E-state index in [9.17, 15) is 9.18 Å².